The Morgan fingerprint density at radius 2 is 2.00 bits per heavy atom. The van der Waals surface area contributed by atoms with Gasteiger partial charge in [-0.15, -0.1) is 0 Å². The first-order chi connectivity index (χ1) is 5.61. The van der Waals surface area contributed by atoms with E-state index in [1.165, 1.54) is 0 Å². The van der Waals surface area contributed by atoms with E-state index >= 15 is 0 Å². The first-order valence-electron chi connectivity index (χ1n) is 4.58. The molecular formula is C9H18N2O. The molecule has 1 saturated heterocycles. The minimum Gasteiger partial charge on any atom is -0.463 e. The molecule has 0 bridgehead atoms. The molecule has 1 rings (SSSR count). The lowest BCUT2D eigenvalue weighted by molar-refractivity contribution is 0.345. The smallest absolute Gasteiger partial charge is 0.287 e. The Morgan fingerprint density at radius 1 is 1.33 bits per heavy atom. The maximum Gasteiger partial charge on any atom is 0.287 e. The van der Waals surface area contributed by atoms with Gasteiger partial charge in [0.25, 0.3) is 6.02 Å². The van der Waals surface area contributed by atoms with Gasteiger partial charge in [0.05, 0.1) is 6.54 Å². The van der Waals surface area contributed by atoms with Gasteiger partial charge in [0.1, 0.15) is 6.61 Å². The van der Waals surface area contributed by atoms with E-state index in [4.69, 9.17) is 4.74 Å². The average Bonchev–Trinajstić information content (AvgIpc) is 2.33. The van der Waals surface area contributed by atoms with E-state index in [9.17, 15) is 0 Å². The quantitative estimate of drug-likeness (QED) is 0.627. The molecule has 0 aromatic heterocycles. The highest BCUT2D eigenvalue weighted by molar-refractivity contribution is 5.75. The molecule has 0 aromatic rings. The molecule has 1 heterocycles. The maximum atomic E-state index is 5.41. The normalized spacial score (nSPS) is 21.2. The van der Waals surface area contributed by atoms with E-state index < -0.39 is 0 Å². The van der Waals surface area contributed by atoms with E-state index in [0.29, 0.717) is 12.1 Å². The summed E-state index contributed by atoms with van der Waals surface area (Å²) < 4.78 is 5.41. The van der Waals surface area contributed by atoms with Gasteiger partial charge in [0, 0.05) is 12.1 Å². The van der Waals surface area contributed by atoms with Gasteiger partial charge in [-0.3, -0.25) is 0 Å². The van der Waals surface area contributed by atoms with Crippen LogP contribution in [-0.2, 0) is 4.74 Å². The molecule has 1 fully saturated rings. The van der Waals surface area contributed by atoms with Crippen LogP contribution in [0, 0.1) is 0 Å². The Hall–Kier alpha value is -0.730. The molecule has 0 atom stereocenters. The fraction of sp³-hybridized carbons (Fsp3) is 0.889. The number of ether oxygens (including phenoxy) is 1. The van der Waals surface area contributed by atoms with Gasteiger partial charge < -0.3 is 9.64 Å². The largest absolute Gasteiger partial charge is 0.463 e. The molecule has 3 heteroatoms. The summed E-state index contributed by atoms with van der Waals surface area (Å²) in [5.74, 6) is 0. The predicted octanol–water partition coefficient (Wildman–Crippen LogP) is 1.49. The Bertz CT molecular complexity index is 175. The van der Waals surface area contributed by atoms with Crippen molar-refractivity contribution in [3.63, 3.8) is 0 Å². The average molecular weight is 170 g/mol. The van der Waals surface area contributed by atoms with E-state index in [1.54, 1.807) is 0 Å². The van der Waals surface area contributed by atoms with Crippen LogP contribution in [0.4, 0.5) is 0 Å². The first-order valence-corrected chi connectivity index (χ1v) is 4.58. The van der Waals surface area contributed by atoms with Gasteiger partial charge >= 0.3 is 0 Å². The Kier molecular flexibility index (Phi) is 2.95. The molecular weight excluding hydrogens is 152 g/mol. The third-order valence-electron chi connectivity index (χ3n) is 1.80. The highest BCUT2D eigenvalue weighted by Crippen LogP contribution is 2.09. The van der Waals surface area contributed by atoms with Gasteiger partial charge in [-0.1, -0.05) is 0 Å². The van der Waals surface area contributed by atoms with E-state index in [-0.39, 0.29) is 0 Å². The summed E-state index contributed by atoms with van der Waals surface area (Å²) in [7, 11) is 0. The molecule has 0 saturated carbocycles. The van der Waals surface area contributed by atoms with Gasteiger partial charge in [0.15, 0.2) is 0 Å². The zero-order valence-electron chi connectivity index (χ0n) is 8.37. The van der Waals surface area contributed by atoms with E-state index in [0.717, 1.165) is 19.2 Å². The van der Waals surface area contributed by atoms with Crippen LogP contribution in [-0.4, -0.2) is 36.2 Å². The minimum absolute atomic E-state index is 0.319. The van der Waals surface area contributed by atoms with Crippen molar-refractivity contribution in [2.24, 2.45) is 4.99 Å². The van der Waals surface area contributed by atoms with Crippen LogP contribution in [0.2, 0.25) is 0 Å². The van der Waals surface area contributed by atoms with Crippen molar-refractivity contribution in [1.82, 2.24) is 4.90 Å². The summed E-state index contributed by atoms with van der Waals surface area (Å²) in [5.41, 5.74) is 0. The van der Waals surface area contributed by atoms with Crippen molar-refractivity contribution >= 4 is 6.02 Å². The monoisotopic (exact) mass is 170 g/mol. The van der Waals surface area contributed by atoms with Crippen molar-refractivity contribution in [2.45, 2.75) is 39.8 Å². The summed E-state index contributed by atoms with van der Waals surface area (Å²) in [6.07, 6.45) is 0. The molecule has 70 valence electrons. The molecule has 1 aliphatic rings. The van der Waals surface area contributed by atoms with Crippen LogP contribution in [0.15, 0.2) is 4.99 Å². The topological polar surface area (TPSA) is 24.8 Å². The molecule has 12 heavy (non-hydrogen) atoms. The third-order valence-corrected chi connectivity index (χ3v) is 1.80. The van der Waals surface area contributed by atoms with Crippen molar-refractivity contribution in [3.05, 3.63) is 0 Å². The number of nitrogens with zero attached hydrogens (tertiary/aromatic N) is 2. The van der Waals surface area contributed by atoms with Crippen LogP contribution in [0.25, 0.3) is 0 Å². The Morgan fingerprint density at radius 3 is 2.50 bits per heavy atom. The second kappa shape index (κ2) is 3.78. The summed E-state index contributed by atoms with van der Waals surface area (Å²) >= 11 is 0. The summed E-state index contributed by atoms with van der Waals surface area (Å²) in [4.78, 5) is 6.59. The number of amidine groups is 1. The molecule has 1 aliphatic heterocycles. The predicted molar refractivity (Wildman–Crippen MR) is 50.4 cm³/mol. The van der Waals surface area contributed by atoms with Gasteiger partial charge in [-0.2, -0.15) is 0 Å². The number of aliphatic imine (C=N–C) groups is 1. The molecule has 0 amide bonds. The minimum atomic E-state index is 0.319. The maximum absolute atomic E-state index is 5.41. The number of rotatable bonds is 2. The van der Waals surface area contributed by atoms with Crippen LogP contribution in [0.1, 0.15) is 27.7 Å². The van der Waals surface area contributed by atoms with Gasteiger partial charge in [0.2, 0.25) is 0 Å². The summed E-state index contributed by atoms with van der Waals surface area (Å²) in [5, 5.41) is 0. The lowest BCUT2D eigenvalue weighted by atomic mass is 10.3. The fourth-order valence-electron chi connectivity index (χ4n) is 1.23. The summed E-state index contributed by atoms with van der Waals surface area (Å²) in [6.45, 7) is 10.2. The SMILES string of the molecule is CC(C)/N=C1/OCCN1C(C)C. The Balaban J connectivity index is 2.63. The highest BCUT2D eigenvalue weighted by Gasteiger charge is 2.22. The van der Waals surface area contributed by atoms with Crippen molar-refractivity contribution < 1.29 is 4.74 Å². The molecule has 3 nitrogen and oxygen atoms in total. The number of hydrogen-bond acceptors (Lipinski definition) is 2. The first kappa shape index (κ1) is 9.36. The van der Waals surface area contributed by atoms with Crippen LogP contribution < -0.4 is 0 Å². The number of hydrogen-bond donors (Lipinski definition) is 0. The van der Waals surface area contributed by atoms with Crippen molar-refractivity contribution in [1.29, 1.82) is 0 Å². The van der Waals surface area contributed by atoms with Gasteiger partial charge in [-0.25, -0.2) is 4.99 Å². The second-order valence-electron chi connectivity index (χ2n) is 3.64. The molecule has 0 N–H and O–H groups in total. The van der Waals surface area contributed by atoms with Crippen molar-refractivity contribution in [2.75, 3.05) is 13.2 Å². The molecule has 0 aromatic carbocycles. The lowest BCUT2D eigenvalue weighted by Crippen LogP contribution is -2.33. The molecule has 0 radical (unpaired) electrons. The fourth-order valence-corrected chi connectivity index (χ4v) is 1.23. The lowest BCUT2D eigenvalue weighted by Gasteiger charge is -2.20. The highest BCUT2D eigenvalue weighted by atomic mass is 16.5. The third kappa shape index (κ3) is 2.13. The zero-order chi connectivity index (χ0) is 9.14. The Labute approximate surface area is 74.4 Å². The molecule has 0 spiro atoms. The van der Waals surface area contributed by atoms with Crippen LogP contribution in [0.5, 0.6) is 0 Å². The van der Waals surface area contributed by atoms with E-state index in [2.05, 4.69) is 37.6 Å². The summed E-state index contributed by atoms with van der Waals surface area (Å²) in [6, 6.07) is 1.63. The van der Waals surface area contributed by atoms with Gasteiger partial charge in [-0.05, 0) is 27.7 Å². The molecule has 0 aliphatic carbocycles. The second-order valence-corrected chi connectivity index (χ2v) is 3.64. The van der Waals surface area contributed by atoms with Crippen molar-refractivity contribution in [3.8, 4) is 0 Å². The van der Waals surface area contributed by atoms with Crippen LogP contribution in [0.3, 0.4) is 0 Å². The van der Waals surface area contributed by atoms with Crippen LogP contribution >= 0.6 is 0 Å². The van der Waals surface area contributed by atoms with E-state index in [1.807, 2.05) is 0 Å². The standard InChI is InChI=1S/C9H18N2O/c1-7(2)10-9-11(8(3)4)5-6-12-9/h7-8H,5-6H2,1-4H3/b10-9+. The zero-order valence-corrected chi connectivity index (χ0v) is 8.37. The molecule has 0 unspecified atom stereocenters.